The number of amides is 2. The minimum absolute atomic E-state index is 0.160. The van der Waals surface area contributed by atoms with Gasteiger partial charge >= 0.3 is 6.03 Å². The molecule has 0 aliphatic carbocycles. The average molecular weight is 439 g/mol. The summed E-state index contributed by atoms with van der Waals surface area (Å²) in [6.45, 7) is 2.15. The fraction of sp³-hybridized carbons (Fsp3) is 0.143. The molecule has 0 radical (unpaired) electrons. The average Bonchev–Trinajstić information content (AvgIpc) is 3.20. The molecule has 0 unspecified atom stereocenters. The van der Waals surface area contributed by atoms with Crippen molar-refractivity contribution in [2.75, 3.05) is 17.7 Å². The highest BCUT2D eigenvalue weighted by Gasteiger charge is 2.19. The number of para-hydroxylation sites is 1. The van der Waals surface area contributed by atoms with Gasteiger partial charge in [-0.25, -0.2) is 9.78 Å². The molecule has 1 heterocycles. The number of benzene rings is 2. The van der Waals surface area contributed by atoms with Crippen molar-refractivity contribution in [2.45, 2.75) is 13.5 Å². The van der Waals surface area contributed by atoms with Crippen LogP contribution < -0.4 is 26.4 Å². The van der Waals surface area contributed by atoms with Crippen LogP contribution in [0.5, 0.6) is 5.75 Å². The van der Waals surface area contributed by atoms with Gasteiger partial charge in [0.1, 0.15) is 5.75 Å². The van der Waals surface area contributed by atoms with Gasteiger partial charge in [0.05, 0.1) is 30.6 Å². The lowest BCUT2D eigenvalue weighted by molar-refractivity contribution is 0.103. The maximum atomic E-state index is 13.2. The highest BCUT2D eigenvalue weighted by Crippen LogP contribution is 2.26. The van der Waals surface area contributed by atoms with Crippen LogP contribution in [-0.2, 0) is 6.54 Å². The lowest BCUT2D eigenvalue weighted by Crippen LogP contribution is -2.29. The van der Waals surface area contributed by atoms with Crippen molar-refractivity contribution in [2.24, 2.45) is 5.73 Å². The predicted molar refractivity (Wildman–Crippen MR) is 121 cm³/mol. The van der Waals surface area contributed by atoms with Crippen molar-refractivity contribution in [3.05, 3.63) is 70.2 Å². The second-order valence-corrected chi connectivity index (χ2v) is 7.43. The molecule has 31 heavy (non-hydrogen) atoms. The summed E-state index contributed by atoms with van der Waals surface area (Å²) in [4.78, 5) is 29.9. The zero-order valence-corrected chi connectivity index (χ0v) is 17.8. The Morgan fingerprint density at radius 1 is 1.16 bits per heavy atom. The van der Waals surface area contributed by atoms with E-state index in [9.17, 15) is 9.59 Å². The van der Waals surface area contributed by atoms with Gasteiger partial charge in [-0.1, -0.05) is 23.8 Å². The van der Waals surface area contributed by atoms with Crippen LogP contribution in [0.3, 0.4) is 0 Å². The Bertz CT molecular complexity index is 1130. The molecule has 3 rings (SSSR count). The molecule has 160 valence electrons. The molecule has 0 atom stereocenters. The quantitative estimate of drug-likeness (QED) is 0.218. The van der Waals surface area contributed by atoms with E-state index in [0.29, 0.717) is 33.4 Å². The van der Waals surface area contributed by atoms with E-state index in [1.165, 1.54) is 18.4 Å². The van der Waals surface area contributed by atoms with E-state index in [-0.39, 0.29) is 18.3 Å². The Balaban J connectivity index is 1.77. The molecule has 0 aliphatic rings. The Morgan fingerprint density at radius 2 is 1.94 bits per heavy atom. The number of thiazole rings is 1. The largest absolute Gasteiger partial charge is 0.496 e. The molecule has 6 N–H and O–H groups in total. The number of carbonyl (C=O) groups excluding carboxylic acids is 2. The Morgan fingerprint density at radius 3 is 2.68 bits per heavy atom. The third-order valence-corrected chi connectivity index (χ3v) is 5.06. The van der Waals surface area contributed by atoms with E-state index < -0.39 is 6.03 Å². The summed E-state index contributed by atoms with van der Waals surface area (Å²) in [7, 11) is 1.50. The fourth-order valence-corrected chi connectivity index (χ4v) is 3.52. The minimum Gasteiger partial charge on any atom is -0.496 e. The number of anilines is 2. The van der Waals surface area contributed by atoms with Crippen LogP contribution in [-0.4, -0.2) is 29.9 Å². The zero-order valence-electron chi connectivity index (χ0n) is 17.0. The van der Waals surface area contributed by atoms with Gasteiger partial charge in [0, 0.05) is 10.9 Å². The van der Waals surface area contributed by atoms with Gasteiger partial charge in [-0.15, -0.1) is 11.3 Å². The van der Waals surface area contributed by atoms with Gasteiger partial charge in [-0.05, 0) is 31.2 Å². The first-order valence-electron chi connectivity index (χ1n) is 9.26. The first kappa shape index (κ1) is 21.8. The number of nitrogens with two attached hydrogens (primary N) is 1. The summed E-state index contributed by atoms with van der Waals surface area (Å²) in [5, 5.41) is 17.3. The van der Waals surface area contributed by atoms with E-state index >= 15 is 0 Å². The van der Waals surface area contributed by atoms with Crippen LogP contribution in [0.25, 0.3) is 0 Å². The maximum absolute atomic E-state index is 13.2. The summed E-state index contributed by atoms with van der Waals surface area (Å²) < 4.78 is 5.30. The number of nitrogens with one attached hydrogen (secondary N) is 4. The summed E-state index contributed by atoms with van der Waals surface area (Å²) in [5.41, 5.74) is 7.90. The fourth-order valence-electron chi connectivity index (χ4n) is 2.81. The standard InChI is InChI=1S/C21H22N6O3S/c1-12-7-8-16(15(9-12)18(28)14-5-3-4-6-17(14)30-2)26-20(29)27-21-25-13(11-31-21)10-24-19(22)23/h3-9,11H,10H2,1-2H3,(H4,22,23,24)(H2,25,26,27,29). The summed E-state index contributed by atoms with van der Waals surface area (Å²) in [6, 6.07) is 11.6. The number of aryl methyl sites for hydroxylation is 1. The number of urea groups is 1. The van der Waals surface area contributed by atoms with Crippen LogP contribution >= 0.6 is 11.3 Å². The zero-order chi connectivity index (χ0) is 22.4. The number of ether oxygens (including phenoxy) is 1. The predicted octanol–water partition coefficient (Wildman–Crippen LogP) is 3.32. The van der Waals surface area contributed by atoms with Crippen LogP contribution in [0.15, 0.2) is 47.8 Å². The Hall–Kier alpha value is -3.92. The van der Waals surface area contributed by atoms with E-state index in [0.717, 1.165) is 5.56 Å². The first-order chi connectivity index (χ1) is 14.9. The summed E-state index contributed by atoms with van der Waals surface area (Å²) in [6.07, 6.45) is 0. The first-order valence-corrected chi connectivity index (χ1v) is 10.1. The van der Waals surface area contributed by atoms with E-state index in [1.54, 1.807) is 41.8 Å². The van der Waals surface area contributed by atoms with Gasteiger partial charge in [0.2, 0.25) is 0 Å². The third kappa shape index (κ3) is 5.58. The van der Waals surface area contributed by atoms with E-state index in [2.05, 4.69) is 20.9 Å². The van der Waals surface area contributed by atoms with E-state index in [1.807, 2.05) is 13.0 Å². The third-order valence-electron chi connectivity index (χ3n) is 4.25. The van der Waals surface area contributed by atoms with Crippen molar-refractivity contribution >= 4 is 39.9 Å². The molecular weight excluding hydrogens is 416 g/mol. The van der Waals surface area contributed by atoms with Gasteiger partial charge in [0.25, 0.3) is 0 Å². The maximum Gasteiger partial charge on any atom is 0.325 e. The molecule has 3 aromatic rings. The minimum atomic E-state index is -0.529. The van der Waals surface area contributed by atoms with E-state index in [4.69, 9.17) is 15.9 Å². The second kappa shape index (κ2) is 9.72. The molecule has 10 heteroatoms. The smallest absolute Gasteiger partial charge is 0.325 e. The van der Waals surface area contributed by atoms with Crippen molar-refractivity contribution in [3.63, 3.8) is 0 Å². The molecule has 9 nitrogen and oxygen atoms in total. The Labute approximate surface area is 183 Å². The van der Waals surface area contributed by atoms with Crippen LogP contribution in [0.2, 0.25) is 0 Å². The van der Waals surface area contributed by atoms with Crippen molar-refractivity contribution in [1.82, 2.24) is 10.3 Å². The van der Waals surface area contributed by atoms with Gasteiger partial charge in [-0.3, -0.25) is 15.5 Å². The number of aromatic nitrogens is 1. The molecule has 0 fully saturated rings. The number of methoxy groups -OCH3 is 1. The normalized spacial score (nSPS) is 10.3. The monoisotopic (exact) mass is 438 g/mol. The van der Waals surface area contributed by atoms with Crippen LogP contribution in [0.1, 0.15) is 27.2 Å². The number of carbonyl (C=O) groups is 2. The lowest BCUT2D eigenvalue weighted by atomic mass is 9.99. The lowest BCUT2D eigenvalue weighted by Gasteiger charge is -2.13. The highest BCUT2D eigenvalue weighted by atomic mass is 32.1. The van der Waals surface area contributed by atoms with Crippen LogP contribution in [0.4, 0.5) is 15.6 Å². The van der Waals surface area contributed by atoms with Crippen molar-refractivity contribution < 1.29 is 14.3 Å². The summed E-state index contributed by atoms with van der Waals surface area (Å²) >= 11 is 1.24. The van der Waals surface area contributed by atoms with Crippen LogP contribution in [0, 0.1) is 12.3 Å². The molecule has 2 aromatic carbocycles. The van der Waals surface area contributed by atoms with Crippen molar-refractivity contribution in [3.8, 4) is 5.75 Å². The number of ketones is 1. The molecular formula is C21H22N6O3S. The second-order valence-electron chi connectivity index (χ2n) is 6.57. The summed E-state index contributed by atoms with van der Waals surface area (Å²) in [5.74, 6) is 0.0362. The molecule has 0 saturated heterocycles. The van der Waals surface area contributed by atoms with Gasteiger partial charge in [0.15, 0.2) is 16.9 Å². The van der Waals surface area contributed by atoms with Crippen molar-refractivity contribution in [1.29, 1.82) is 5.41 Å². The molecule has 2 amide bonds. The highest BCUT2D eigenvalue weighted by molar-refractivity contribution is 7.13. The molecule has 0 aliphatic heterocycles. The number of guanidine groups is 1. The number of hydrogen-bond acceptors (Lipinski definition) is 6. The molecule has 1 aromatic heterocycles. The molecule has 0 spiro atoms. The number of nitrogens with zero attached hydrogens (tertiary/aromatic N) is 1. The topological polar surface area (TPSA) is 142 Å². The SMILES string of the molecule is COc1ccccc1C(=O)c1cc(C)ccc1NC(=O)Nc1nc(CNC(=N)N)cs1. The molecule has 0 saturated carbocycles. The van der Waals surface area contributed by atoms with Gasteiger partial charge in [-0.2, -0.15) is 0 Å². The Kier molecular flexibility index (Phi) is 6.83. The molecule has 0 bridgehead atoms. The van der Waals surface area contributed by atoms with Gasteiger partial charge < -0.3 is 21.1 Å². The number of hydrogen-bond donors (Lipinski definition) is 5. The number of rotatable bonds is 7.